The molecule has 7 nitrogen and oxygen atoms in total. The Morgan fingerprint density at radius 3 is 2.55 bits per heavy atom. The molecule has 2 aliphatic heterocycles. The standard InChI is InChI=1S/C23H29BrN2O5/c1-13(2)20-22(28)26(17-10-11-30-23(17)29)19(16-12-14(24)8-9-18(16)31-20)21(27)25-15-6-4-3-5-7-15/h8-9,12-13,15,17,19-20H,3-7,10-11H2,1-2H3,(H,25,27). The van der Waals surface area contributed by atoms with Crippen LogP contribution in [0.1, 0.15) is 64.0 Å². The van der Waals surface area contributed by atoms with Gasteiger partial charge in [-0.2, -0.15) is 0 Å². The Morgan fingerprint density at radius 2 is 1.90 bits per heavy atom. The molecule has 2 heterocycles. The van der Waals surface area contributed by atoms with Crippen LogP contribution in [-0.4, -0.2) is 47.5 Å². The van der Waals surface area contributed by atoms with Gasteiger partial charge in [0.15, 0.2) is 6.10 Å². The second-order valence-corrected chi connectivity index (χ2v) is 9.84. The van der Waals surface area contributed by atoms with Gasteiger partial charge in [0.25, 0.3) is 5.91 Å². The number of amides is 2. The fraction of sp³-hybridized carbons (Fsp3) is 0.609. The number of ether oxygens (including phenoxy) is 2. The molecule has 4 rings (SSSR count). The summed E-state index contributed by atoms with van der Waals surface area (Å²) in [7, 11) is 0. The number of cyclic esters (lactones) is 1. The second kappa shape index (κ2) is 9.18. The third-order valence-corrected chi connectivity index (χ3v) is 6.84. The van der Waals surface area contributed by atoms with Crippen molar-refractivity contribution in [2.45, 2.75) is 76.6 Å². The van der Waals surface area contributed by atoms with Gasteiger partial charge in [0.05, 0.1) is 6.61 Å². The van der Waals surface area contributed by atoms with Gasteiger partial charge in [-0.15, -0.1) is 0 Å². The predicted octanol–water partition coefficient (Wildman–Crippen LogP) is 3.50. The van der Waals surface area contributed by atoms with Crippen LogP contribution in [0.2, 0.25) is 0 Å². The minimum atomic E-state index is -0.957. The quantitative estimate of drug-likeness (QED) is 0.650. The summed E-state index contributed by atoms with van der Waals surface area (Å²) < 4.78 is 12.1. The van der Waals surface area contributed by atoms with Crippen LogP contribution in [0.5, 0.6) is 5.75 Å². The molecule has 1 N–H and O–H groups in total. The van der Waals surface area contributed by atoms with Crippen molar-refractivity contribution < 1.29 is 23.9 Å². The van der Waals surface area contributed by atoms with Crippen LogP contribution in [0.15, 0.2) is 22.7 Å². The summed E-state index contributed by atoms with van der Waals surface area (Å²) in [6, 6.07) is 3.74. The Bertz CT molecular complexity index is 868. The van der Waals surface area contributed by atoms with Gasteiger partial charge >= 0.3 is 5.97 Å². The molecule has 1 saturated heterocycles. The molecular weight excluding hydrogens is 464 g/mol. The molecular formula is C23H29BrN2O5. The average molecular weight is 493 g/mol. The van der Waals surface area contributed by atoms with Crippen LogP contribution in [0.25, 0.3) is 0 Å². The molecule has 1 aromatic rings. The Hall–Kier alpha value is -2.09. The van der Waals surface area contributed by atoms with Crippen molar-refractivity contribution in [3.05, 3.63) is 28.2 Å². The normalized spacial score (nSPS) is 26.8. The van der Waals surface area contributed by atoms with Crippen molar-refractivity contribution in [2.24, 2.45) is 5.92 Å². The molecule has 8 heteroatoms. The Balaban J connectivity index is 1.79. The lowest BCUT2D eigenvalue weighted by Crippen LogP contribution is -2.54. The SMILES string of the molecule is CC(C)C1Oc2ccc(Br)cc2C(C(=O)NC2CCCCC2)N(C2CCOC2=O)C1=O. The highest BCUT2D eigenvalue weighted by Gasteiger charge is 2.49. The van der Waals surface area contributed by atoms with Crippen LogP contribution in [0.4, 0.5) is 0 Å². The van der Waals surface area contributed by atoms with Crippen molar-refractivity contribution in [3.63, 3.8) is 0 Å². The molecule has 1 aliphatic carbocycles. The number of carbonyl (C=O) groups is 3. The van der Waals surface area contributed by atoms with Crippen molar-refractivity contribution >= 4 is 33.7 Å². The predicted molar refractivity (Wildman–Crippen MR) is 117 cm³/mol. The number of halogens is 1. The van der Waals surface area contributed by atoms with E-state index in [1.807, 2.05) is 26.0 Å². The average Bonchev–Trinajstić information content (AvgIpc) is 3.10. The maximum atomic E-state index is 13.7. The van der Waals surface area contributed by atoms with Gasteiger partial charge in [-0.1, -0.05) is 49.0 Å². The number of carbonyl (C=O) groups excluding carboxylic acids is 3. The molecule has 0 spiro atoms. The molecule has 168 valence electrons. The lowest BCUT2D eigenvalue weighted by Gasteiger charge is -2.35. The van der Waals surface area contributed by atoms with Gasteiger partial charge in [0.1, 0.15) is 17.8 Å². The molecule has 2 amide bonds. The molecule has 31 heavy (non-hydrogen) atoms. The van der Waals surface area contributed by atoms with Crippen LogP contribution in [0, 0.1) is 5.92 Å². The molecule has 0 bridgehead atoms. The second-order valence-electron chi connectivity index (χ2n) is 8.93. The Labute approximate surface area is 191 Å². The highest BCUT2D eigenvalue weighted by atomic mass is 79.9. The molecule has 0 radical (unpaired) electrons. The largest absolute Gasteiger partial charge is 0.480 e. The summed E-state index contributed by atoms with van der Waals surface area (Å²) in [4.78, 5) is 41.3. The number of fused-ring (bicyclic) bond motifs is 1. The Kier molecular flexibility index (Phi) is 6.55. The summed E-state index contributed by atoms with van der Waals surface area (Å²) >= 11 is 3.48. The van der Waals surface area contributed by atoms with E-state index in [1.54, 1.807) is 6.07 Å². The van der Waals surface area contributed by atoms with Crippen molar-refractivity contribution in [3.8, 4) is 5.75 Å². The highest BCUT2D eigenvalue weighted by molar-refractivity contribution is 9.10. The van der Waals surface area contributed by atoms with E-state index in [1.165, 1.54) is 11.3 Å². The summed E-state index contributed by atoms with van der Waals surface area (Å²) in [5, 5.41) is 3.15. The molecule has 0 aromatic heterocycles. The third-order valence-electron chi connectivity index (χ3n) is 6.35. The first-order chi connectivity index (χ1) is 14.9. The van der Waals surface area contributed by atoms with E-state index in [4.69, 9.17) is 9.47 Å². The summed E-state index contributed by atoms with van der Waals surface area (Å²) in [6.45, 7) is 4.03. The zero-order valence-corrected chi connectivity index (χ0v) is 19.5. The Morgan fingerprint density at radius 1 is 1.16 bits per heavy atom. The lowest BCUT2D eigenvalue weighted by molar-refractivity contribution is -0.156. The van der Waals surface area contributed by atoms with Crippen molar-refractivity contribution in [1.82, 2.24) is 10.2 Å². The van der Waals surface area contributed by atoms with Gasteiger partial charge in [0.2, 0.25) is 5.91 Å². The first-order valence-corrected chi connectivity index (χ1v) is 11.9. The summed E-state index contributed by atoms with van der Waals surface area (Å²) in [5.74, 6) is -0.732. The minimum absolute atomic E-state index is 0.0781. The zero-order chi connectivity index (χ0) is 22.1. The zero-order valence-electron chi connectivity index (χ0n) is 17.9. The van der Waals surface area contributed by atoms with E-state index in [-0.39, 0.29) is 30.4 Å². The molecule has 3 atom stereocenters. The smallest absolute Gasteiger partial charge is 0.329 e. The maximum absolute atomic E-state index is 13.7. The van der Waals surface area contributed by atoms with E-state index in [0.717, 1.165) is 30.2 Å². The van der Waals surface area contributed by atoms with Gasteiger partial charge in [-0.25, -0.2) is 4.79 Å². The van der Waals surface area contributed by atoms with E-state index >= 15 is 0 Å². The van der Waals surface area contributed by atoms with Gasteiger partial charge in [-0.05, 0) is 37.0 Å². The van der Waals surface area contributed by atoms with Crippen LogP contribution in [-0.2, 0) is 19.1 Å². The monoisotopic (exact) mass is 492 g/mol. The summed E-state index contributed by atoms with van der Waals surface area (Å²) in [6.07, 6.45) is 4.76. The van der Waals surface area contributed by atoms with E-state index in [2.05, 4.69) is 21.2 Å². The van der Waals surface area contributed by atoms with Crippen molar-refractivity contribution in [2.75, 3.05) is 6.61 Å². The van der Waals surface area contributed by atoms with Gasteiger partial charge in [-0.3, -0.25) is 9.59 Å². The number of benzene rings is 1. The van der Waals surface area contributed by atoms with E-state index < -0.39 is 24.2 Å². The molecule has 3 unspecified atom stereocenters. The highest BCUT2D eigenvalue weighted by Crippen LogP contribution is 2.40. The number of nitrogens with one attached hydrogen (secondary N) is 1. The number of esters is 1. The minimum Gasteiger partial charge on any atom is -0.480 e. The van der Waals surface area contributed by atoms with E-state index in [9.17, 15) is 14.4 Å². The first-order valence-electron chi connectivity index (χ1n) is 11.1. The molecule has 3 aliphatic rings. The van der Waals surface area contributed by atoms with Gasteiger partial charge in [0, 0.05) is 22.5 Å². The number of rotatable bonds is 4. The first kappa shape index (κ1) is 22.1. The number of hydrogen-bond donors (Lipinski definition) is 1. The maximum Gasteiger partial charge on any atom is 0.329 e. The fourth-order valence-electron chi connectivity index (χ4n) is 4.74. The number of nitrogens with zero attached hydrogens (tertiary/aromatic N) is 1. The van der Waals surface area contributed by atoms with Crippen LogP contribution in [0.3, 0.4) is 0 Å². The van der Waals surface area contributed by atoms with Gasteiger partial charge < -0.3 is 19.7 Å². The fourth-order valence-corrected chi connectivity index (χ4v) is 5.12. The topological polar surface area (TPSA) is 84.9 Å². The lowest BCUT2D eigenvalue weighted by atomic mass is 9.94. The molecule has 2 fully saturated rings. The van der Waals surface area contributed by atoms with Crippen molar-refractivity contribution in [1.29, 1.82) is 0 Å². The van der Waals surface area contributed by atoms with E-state index in [0.29, 0.717) is 17.7 Å². The third kappa shape index (κ3) is 4.45. The molecule has 1 aromatic carbocycles. The molecule has 1 saturated carbocycles. The van der Waals surface area contributed by atoms with Crippen LogP contribution >= 0.6 is 15.9 Å². The number of hydrogen-bond acceptors (Lipinski definition) is 5. The summed E-state index contributed by atoms with van der Waals surface area (Å²) in [5.41, 5.74) is 0.582. The van der Waals surface area contributed by atoms with Crippen LogP contribution < -0.4 is 10.1 Å².